The van der Waals surface area contributed by atoms with Crippen molar-refractivity contribution in [1.82, 2.24) is 9.88 Å². The van der Waals surface area contributed by atoms with Gasteiger partial charge in [-0.2, -0.15) is 13.2 Å². The Morgan fingerprint density at radius 1 is 1.10 bits per heavy atom. The van der Waals surface area contributed by atoms with Gasteiger partial charge in [-0.1, -0.05) is 6.42 Å². The summed E-state index contributed by atoms with van der Waals surface area (Å²) in [6, 6.07) is 2.87. The number of alkyl halides is 3. The molecule has 2 fully saturated rings. The summed E-state index contributed by atoms with van der Waals surface area (Å²) in [4.78, 5) is 8.49. The lowest BCUT2D eigenvalue weighted by Crippen LogP contribution is -2.52. The van der Waals surface area contributed by atoms with Crippen molar-refractivity contribution < 1.29 is 13.2 Å². The van der Waals surface area contributed by atoms with Crippen LogP contribution in [0.25, 0.3) is 0 Å². The number of anilines is 1. The molecule has 110 valence electrons. The zero-order chi connectivity index (χ0) is 14.2. The van der Waals surface area contributed by atoms with Gasteiger partial charge in [0.05, 0.1) is 5.56 Å². The molecule has 0 bridgehead atoms. The maximum atomic E-state index is 12.7. The zero-order valence-corrected chi connectivity index (χ0v) is 11.2. The predicted octanol–water partition coefficient (Wildman–Crippen LogP) is 2.77. The molecule has 0 radical (unpaired) electrons. The maximum Gasteiger partial charge on any atom is 0.416 e. The SMILES string of the molecule is FC(F)(F)c1ccnc(N2CCN(C3CCC3)CC2)c1. The summed E-state index contributed by atoms with van der Waals surface area (Å²) in [5.41, 5.74) is -0.621. The summed E-state index contributed by atoms with van der Waals surface area (Å²) in [5.74, 6) is 0.438. The van der Waals surface area contributed by atoms with Gasteiger partial charge in [0.2, 0.25) is 0 Å². The number of hydrogen-bond donors (Lipinski definition) is 0. The normalized spacial score (nSPS) is 21.9. The van der Waals surface area contributed by atoms with Crippen molar-refractivity contribution in [2.75, 3.05) is 31.1 Å². The highest BCUT2D eigenvalue weighted by molar-refractivity contribution is 5.42. The third-order valence-corrected chi connectivity index (χ3v) is 4.30. The van der Waals surface area contributed by atoms with Crippen LogP contribution in [0.4, 0.5) is 19.0 Å². The third-order valence-electron chi connectivity index (χ3n) is 4.30. The molecule has 1 aliphatic heterocycles. The van der Waals surface area contributed by atoms with Gasteiger partial charge < -0.3 is 4.90 Å². The van der Waals surface area contributed by atoms with E-state index in [1.807, 2.05) is 4.90 Å². The first-order valence-corrected chi connectivity index (χ1v) is 7.06. The van der Waals surface area contributed by atoms with Crippen molar-refractivity contribution in [2.45, 2.75) is 31.5 Å². The van der Waals surface area contributed by atoms with Crippen molar-refractivity contribution in [1.29, 1.82) is 0 Å². The molecule has 0 N–H and O–H groups in total. The topological polar surface area (TPSA) is 19.4 Å². The van der Waals surface area contributed by atoms with Gasteiger partial charge in [-0.3, -0.25) is 4.90 Å². The predicted molar refractivity (Wildman–Crippen MR) is 70.7 cm³/mol. The first-order valence-electron chi connectivity index (χ1n) is 7.06. The molecule has 0 aromatic carbocycles. The van der Waals surface area contributed by atoms with E-state index in [0.29, 0.717) is 11.9 Å². The molecule has 2 aliphatic rings. The first-order chi connectivity index (χ1) is 9.54. The monoisotopic (exact) mass is 285 g/mol. The van der Waals surface area contributed by atoms with Crippen LogP contribution < -0.4 is 4.90 Å². The molecule has 1 saturated carbocycles. The van der Waals surface area contributed by atoms with Gasteiger partial charge in [0, 0.05) is 38.4 Å². The van der Waals surface area contributed by atoms with E-state index in [1.54, 1.807) is 0 Å². The number of aromatic nitrogens is 1. The van der Waals surface area contributed by atoms with Crippen LogP contribution in [0.2, 0.25) is 0 Å². The van der Waals surface area contributed by atoms with E-state index in [0.717, 1.165) is 38.3 Å². The van der Waals surface area contributed by atoms with Gasteiger partial charge in [0.1, 0.15) is 5.82 Å². The lowest BCUT2D eigenvalue weighted by Gasteiger charge is -2.43. The van der Waals surface area contributed by atoms with Crippen molar-refractivity contribution >= 4 is 5.82 Å². The summed E-state index contributed by atoms with van der Waals surface area (Å²) in [7, 11) is 0. The maximum absolute atomic E-state index is 12.7. The van der Waals surface area contributed by atoms with E-state index in [-0.39, 0.29) is 0 Å². The van der Waals surface area contributed by atoms with Gasteiger partial charge in [0.15, 0.2) is 0 Å². The van der Waals surface area contributed by atoms with Gasteiger partial charge >= 0.3 is 6.18 Å². The smallest absolute Gasteiger partial charge is 0.354 e. The fourth-order valence-electron chi connectivity index (χ4n) is 2.84. The quantitative estimate of drug-likeness (QED) is 0.833. The molecule has 0 spiro atoms. The molecule has 20 heavy (non-hydrogen) atoms. The second-order valence-electron chi connectivity index (χ2n) is 5.51. The molecule has 1 aromatic rings. The summed E-state index contributed by atoms with van der Waals surface area (Å²) in [6.45, 7) is 3.35. The molecule has 1 saturated heterocycles. The molecule has 1 aliphatic carbocycles. The van der Waals surface area contributed by atoms with E-state index in [1.165, 1.54) is 25.5 Å². The molecular weight excluding hydrogens is 267 g/mol. The average molecular weight is 285 g/mol. The van der Waals surface area contributed by atoms with Crippen molar-refractivity contribution in [3.63, 3.8) is 0 Å². The minimum atomic E-state index is -4.30. The molecule has 0 amide bonds. The van der Waals surface area contributed by atoms with Gasteiger partial charge in [-0.15, -0.1) is 0 Å². The van der Waals surface area contributed by atoms with Crippen molar-refractivity contribution in [3.05, 3.63) is 23.9 Å². The Labute approximate surface area is 116 Å². The van der Waals surface area contributed by atoms with Crippen LogP contribution in [0.5, 0.6) is 0 Å². The Balaban J connectivity index is 1.65. The number of piperazine rings is 1. The Morgan fingerprint density at radius 3 is 2.35 bits per heavy atom. The van der Waals surface area contributed by atoms with E-state index < -0.39 is 11.7 Å². The molecular formula is C14H18F3N3. The third kappa shape index (κ3) is 2.75. The molecule has 3 rings (SSSR count). The highest BCUT2D eigenvalue weighted by atomic mass is 19.4. The molecule has 1 aromatic heterocycles. The summed E-state index contributed by atoms with van der Waals surface area (Å²) in [5, 5.41) is 0. The standard InChI is InChI=1S/C14H18F3N3/c15-14(16,17)11-4-5-18-13(10-11)20-8-6-19(7-9-20)12-2-1-3-12/h4-5,10,12H,1-3,6-9H2. The van der Waals surface area contributed by atoms with Gasteiger partial charge in [-0.05, 0) is 25.0 Å². The Bertz CT molecular complexity index is 463. The summed E-state index contributed by atoms with van der Waals surface area (Å²) < 4.78 is 38.1. The minimum absolute atomic E-state index is 0.438. The average Bonchev–Trinajstić information content (AvgIpc) is 2.37. The second kappa shape index (κ2) is 5.24. The first kappa shape index (κ1) is 13.7. The molecule has 2 heterocycles. The van der Waals surface area contributed by atoms with Crippen LogP contribution in [-0.2, 0) is 6.18 Å². The van der Waals surface area contributed by atoms with Crippen LogP contribution in [0.15, 0.2) is 18.3 Å². The van der Waals surface area contributed by atoms with E-state index in [2.05, 4.69) is 9.88 Å². The summed E-state index contributed by atoms with van der Waals surface area (Å²) >= 11 is 0. The number of halogens is 3. The lowest BCUT2D eigenvalue weighted by atomic mass is 9.91. The van der Waals surface area contributed by atoms with Gasteiger partial charge in [-0.25, -0.2) is 4.98 Å². The van der Waals surface area contributed by atoms with E-state index in [9.17, 15) is 13.2 Å². The number of hydrogen-bond acceptors (Lipinski definition) is 3. The Hall–Kier alpha value is -1.30. The fraction of sp³-hybridized carbons (Fsp3) is 0.643. The number of pyridine rings is 1. The lowest BCUT2D eigenvalue weighted by molar-refractivity contribution is -0.137. The minimum Gasteiger partial charge on any atom is -0.354 e. The molecule has 0 unspecified atom stereocenters. The van der Waals surface area contributed by atoms with E-state index in [4.69, 9.17) is 0 Å². The summed E-state index contributed by atoms with van der Waals surface area (Å²) in [6.07, 6.45) is 0.783. The zero-order valence-electron chi connectivity index (χ0n) is 11.2. The highest BCUT2D eigenvalue weighted by Gasteiger charge is 2.32. The second-order valence-corrected chi connectivity index (χ2v) is 5.51. The fourth-order valence-corrected chi connectivity index (χ4v) is 2.84. The van der Waals surface area contributed by atoms with Crippen molar-refractivity contribution in [3.8, 4) is 0 Å². The molecule has 0 atom stereocenters. The van der Waals surface area contributed by atoms with Crippen LogP contribution in [0.1, 0.15) is 24.8 Å². The van der Waals surface area contributed by atoms with Crippen LogP contribution >= 0.6 is 0 Å². The molecule has 6 heteroatoms. The highest BCUT2D eigenvalue weighted by Crippen LogP contribution is 2.31. The number of nitrogens with zero attached hydrogens (tertiary/aromatic N) is 3. The van der Waals surface area contributed by atoms with E-state index >= 15 is 0 Å². The van der Waals surface area contributed by atoms with Crippen LogP contribution in [0, 0.1) is 0 Å². The Morgan fingerprint density at radius 2 is 1.80 bits per heavy atom. The van der Waals surface area contributed by atoms with Crippen LogP contribution in [-0.4, -0.2) is 42.1 Å². The van der Waals surface area contributed by atoms with Crippen LogP contribution in [0.3, 0.4) is 0 Å². The van der Waals surface area contributed by atoms with Gasteiger partial charge in [0.25, 0.3) is 0 Å². The molecule has 3 nitrogen and oxygen atoms in total. The van der Waals surface area contributed by atoms with Crippen molar-refractivity contribution in [2.24, 2.45) is 0 Å². The number of rotatable bonds is 2. The largest absolute Gasteiger partial charge is 0.416 e. The Kier molecular flexibility index (Phi) is 3.58.